The molecule has 0 spiro atoms. The van der Waals surface area contributed by atoms with Crippen LogP contribution in [0, 0.1) is 5.92 Å². The number of fused-ring (bicyclic) bond motifs is 1. The molecule has 0 radical (unpaired) electrons. The summed E-state index contributed by atoms with van der Waals surface area (Å²) in [5.41, 5.74) is 1.36. The standard InChI is InChI=1S/C34H50O4Si4/c1-39(2,37-41(5,31-18-12-8-13-19-31)26-24-29-16-10-7-11-17-29)36-40(3,4)38-42(6,32-20-14-9-15-21-32)27-25-30-22-23-33-34(28-30)35-33/h7-21,30,33-34H,22-28H2,1-6H3. The Hall–Kier alpha value is -1.63. The number of epoxide rings is 1. The lowest BCUT2D eigenvalue weighted by Gasteiger charge is -2.43. The van der Waals surface area contributed by atoms with Crippen LogP contribution in [-0.4, -0.2) is 46.0 Å². The first-order valence-corrected chi connectivity index (χ1v) is 26.7. The van der Waals surface area contributed by atoms with E-state index in [9.17, 15) is 0 Å². The fourth-order valence-corrected chi connectivity index (χ4v) is 27.4. The van der Waals surface area contributed by atoms with Gasteiger partial charge in [-0.1, -0.05) is 97.4 Å². The number of aryl methyl sites for hydroxylation is 1. The molecule has 1 saturated heterocycles. The van der Waals surface area contributed by atoms with Gasteiger partial charge in [0.2, 0.25) is 16.6 Å². The van der Waals surface area contributed by atoms with Crippen molar-refractivity contribution in [1.29, 1.82) is 0 Å². The molecule has 0 aromatic heterocycles. The molecule has 1 aliphatic carbocycles. The maximum absolute atomic E-state index is 7.32. The van der Waals surface area contributed by atoms with Crippen LogP contribution in [0.15, 0.2) is 91.0 Å². The summed E-state index contributed by atoms with van der Waals surface area (Å²) in [5, 5.41) is 2.71. The molecule has 3 aromatic carbocycles. The fraction of sp³-hybridized carbons (Fsp3) is 0.471. The number of ether oxygens (including phenoxy) is 1. The zero-order valence-electron chi connectivity index (χ0n) is 26.5. The van der Waals surface area contributed by atoms with E-state index in [4.69, 9.17) is 17.1 Å². The highest BCUT2D eigenvalue weighted by atomic mass is 28.5. The molecule has 3 aromatic rings. The number of hydrogen-bond donors (Lipinski definition) is 0. The second-order valence-corrected chi connectivity index (χ2v) is 28.8. The van der Waals surface area contributed by atoms with Gasteiger partial charge in [0.1, 0.15) is 0 Å². The monoisotopic (exact) mass is 634 g/mol. The van der Waals surface area contributed by atoms with Crippen LogP contribution in [0.4, 0.5) is 0 Å². The van der Waals surface area contributed by atoms with Gasteiger partial charge in [0, 0.05) is 0 Å². The maximum atomic E-state index is 7.32. The molecule has 0 amide bonds. The Morgan fingerprint density at radius 2 is 1.10 bits per heavy atom. The summed E-state index contributed by atoms with van der Waals surface area (Å²) in [6, 6.07) is 34.8. The van der Waals surface area contributed by atoms with Crippen LogP contribution >= 0.6 is 0 Å². The molecule has 5 unspecified atom stereocenters. The molecule has 42 heavy (non-hydrogen) atoms. The first kappa shape index (κ1) is 31.8. The minimum Gasteiger partial charge on any atom is -0.432 e. The van der Waals surface area contributed by atoms with Crippen molar-refractivity contribution in [3.63, 3.8) is 0 Å². The molecule has 2 fully saturated rings. The fourth-order valence-electron chi connectivity index (χ4n) is 7.06. The highest BCUT2D eigenvalue weighted by Gasteiger charge is 2.48. The third kappa shape index (κ3) is 8.50. The second-order valence-electron chi connectivity index (χ2n) is 13.7. The molecule has 0 bridgehead atoms. The van der Waals surface area contributed by atoms with Crippen LogP contribution < -0.4 is 10.4 Å². The molecule has 1 heterocycles. The third-order valence-corrected chi connectivity index (χ3v) is 26.1. The van der Waals surface area contributed by atoms with Crippen LogP contribution in [0.25, 0.3) is 0 Å². The van der Waals surface area contributed by atoms with Gasteiger partial charge >= 0.3 is 17.1 Å². The summed E-state index contributed by atoms with van der Waals surface area (Å²) in [5.74, 6) is 0.745. The van der Waals surface area contributed by atoms with E-state index in [2.05, 4.69) is 130 Å². The Morgan fingerprint density at radius 3 is 1.62 bits per heavy atom. The topological polar surface area (TPSA) is 40.2 Å². The predicted octanol–water partition coefficient (Wildman–Crippen LogP) is 7.61. The largest absolute Gasteiger partial charge is 0.432 e. The number of rotatable bonds is 14. The van der Waals surface area contributed by atoms with Crippen molar-refractivity contribution in [3.05, 3.63) is 96.6 Å². The first-order chi connectivity index (χ1) is 20.0. The van der Waals surface area contributed by atoms with Crippen LogP contribution in [-0.2, 0) is 23.5 Å². The molecule has 5 rings (SSSR count). The summed E-state index contributed by atoms with van der Waals surface area (Å²) in [4.78, 5) is 0. The molecular formula is C34H50O4Si4. The average molecular weight is 635 g/mol. The van der Waals surface area contributed by atoms with Crippen LogP contribution in [0.1, 0.15) is 31.2 Å². The van der Waals surface area contributed by atoms with Crippen molar-refractivity contribution in [2.45, 2.75) is 95.7 Å². The molecule has 1 aliphatic heterocycles. The Bertz CT molecular complexity index is 1280. The van der Waals surface area contributed by atoms with Crippen molar-refractivity contribution in [3.8, 4) is 0 Å². The Kier molecular flexibility index (Phi) is 9.96. The van der Waals surface area contributed by atoms with Crippen molar-refractivity contribution >= 4 is 44.1 Å². The quantitative estimate of drug-likeness (QED) is 0.135. The zero-order valence-corrected chi connectivity index (χ0v) is 30.5. The minimum absolute atomic E-state index is 0.525. The summed E-state index contributed by atoms with van der Waals surface area (Å²) < 4.78 is 27.5. The van der Waals surface area contributed by atoms with E-state index in [0.29, 0.717) is 12.2 Å². The maximum Gasteiger partial charge on any atom is 0.312 e. The Labute approximate surface area is 258 Å². The lowest BCUT2D eigenvalue weighted by Crippen LogP contribution is -2.62. The number of hydrogen-bond acceptors (Lipinski definition) is 4. The first-order valence-electron chi connectivity index (χ1n) is 15.9. The van der Waals surface area contributed by atoms with Gasteiger partial charge in [0.25, 0.3) is 0 Å². The van der Waals surface area contributed by atoms with Gasteiger partial charge in [-0.05, 0) is 98.9 Å². The predicted molar refractivity (Wildman–Crippen MR) is 184 cm³/mol. The summed E-state index contributed by atoms with van der Waals surface area (Å²) in [6.07, 6.45) is 7.04. The van der Waals surface area contributed by atoms with Gasteiger partial charge < -0.3 is 17.1 Å². The summed E-state index contributed by atoms with van der Waals surface area (Å²) >= 11 is 0. The Morgan fingerprint density at radius 1 is 0.595 bits per heavy atom. The molecule has 1 saturated carbocycles. The minimum atomic E-state index is -2.55. The van der Waals surface area contributed by atoms with E-state index in [0.717, 1.165) is 24.4 Å². The molecule has 2 aliphatic rings. The van der Waals surface area contributed by atoms with Crippen molar-refractivity contribution in [1.82, 2.24) is 0 Å². The van der Waals surface area contributed by atoms with Gasteiger partial charge in [-0.15, -0.1) is 0 Å². The lowest BCUT2D eigenvalue weighted by atomic mass is 9.88. The van der Waals surface area contributed by atoms with Gasteiger partial charge in [-0.25, -0.2) is 0 Å². The molecular weight excluding hydrogens is 585 g/mol. The third-order valence-electron chi connectivity index (χ3n) is 9.08. The van der Waals surface area contributed by atoms with Crippen LogP contribution in [0.2, 0.25) is 51.4 Å². The number of benzene rings is 3. The Balaban J connectivity index is 1.30. The molecule has 8 heteroatoms. The molecule has 226 valence electrons. The summed E-state index contributed by atoms with van der Waals surface area (Å²) in [7, 11) is -9.66. The van der Waals surface area contributed by atoms with Crippen molar-refractivity contribution in [2.75, 3.05) is 0 Å². The highest BCUT2D eigenvalue weighted by Crippen LogP contribution is 2.42. The highest BCUT2D eigenvalue weighted by molar-refractivity contribution is 6.96. The normalized spacial score (nSPS) is 23.4. The molecule has 0 N–H and O–H groups in total. The van der Waals surface area contributed by atoms with Gasteiger partial charge in [0.15, 0.2) is 0 Å². The summed E-state index contributed by atoms with van der Waals surface area (Å²) in [6.45, 7) is 13.7. The van der Waals surface area contributed by atoms with Crippen LogP contribution in [0.3, 0.4) is 0 Å². The van der Waals surface area contributed by atoms with Crippen LogP contribution in [0.5, 0.6) is 0 Å². The molecule has 5 atom stereocenters. The lowest BCUT2D eigenvalue weighted by molar-refractivity contribution is 0.325. The van der Waals surface area contributed by atoms with Crippen molar-refractivity contribution < 1.29 is 17.1 Å². The van der Waals surface area contributed by atoms with E-state index in [1.54, 1.807) is 0 Å². The smallest absolute Gasteiger partial charge is 0.312 e. The van der Waals surface area contributed by atoms with Gasteiger partial charge in [-0.3, -0.25) is 0 Å². The van der Waals surface area contributed by atoms with Gasteiger partial charge in [0.05, 0.1) is 12.2 Å². The van der Waals surface area contributed by atoms with E-state index in [-0.39, 0.29) is 0 Å². The van der Waals surface area contributed by atoms with E-state index >= 15 is 0 Å². The van der Waals surface area contributed by atoms with E-state index < -0.39 is 33.8 Å². The van der Waals surface area contributed by atoms with Crippen molar-refractivity contribution in [2.24, 2.45) is 5.92 Å². The van der Waals surface area contributed by atoms with Gasteiger partial charge in [-0.2, -0.15) is 0 Å². The second kappa shape index (κ2) is 13.2. The van der Waals surface area contributed by atoms with E-state index in [1.165, 1.54) is 41.6 Å². The van der Waals surface area contributed by atoms with E-state index in [1.807, 2.05) is 0 Å². The average Bonchev–Trinajstić information content (AvgIpc) is 3.75. The molecule has 4 nitrogen and oxygen atoms in total. The zero-order chi connectivity index (χ0) is 29.8. The SMILES string of the molecule is C[Si](C)(O[Si](C)(C)O[Si](C)(CCC1CCC2OC2C1)c1ccccc1)O[Si](C)(CCc1ccccc1)c1ccccc1.